The molecule has 0 heteroatoms. The third-order valence-corrected chi connectivity index (χ3v) is 21.9. The van der Waals surface area contributed by atoms with Crippen molar-refractivity contribution in [1.29, 1.82) is 0 Å². The lowest BCUT2D eigenvalue weighted by molar-refractivity contribution is 0.259. The zero-order valence-electron chi connectivity index (χ0n) is 55.1. The minimum Gasteiger partial charge on any atom is -0.0801 e. The van der Waals surface area contributed by atoms with Gasteiger partial charge in [-0.25, -0.2) is 0 Å². The fourth-order valence-corrected chi connectivity index (χ4v) is 16.7. The molecule has 0 aliphatic heterocycles. The lowest BCUT2D eigenvalue weighted by Crippen LogP contribution is -2.17. The SMILES string of the molecule is CC(C)C1CCC(c2ccc(CC3=CC=C(C4=CCC=C4)C4C=CC=C34)cc2)CC1.CC(C)Cc1ccc(CC2=CC=C(c3ccc4c(c3)CCC4)C3C=CC=C23)cc1.CCc1ccc(C2=CC=C(Cc3ccc(C4CCCCC4)c(C)c3)C3=CC=CC32)cc1. The molecule has 458 valence electrons. The molecular formula is C90H98. The summed E-state index contributed by atoms with van der Waals surface area (Å²) in [5.41, 5.74) is 32.2. The van der Waals surface area contributed by atoms with Crippen molar-refractivity contribution in [3.63, 3.8) is 0 Å². The van der Waals surface area contributed by atoms with Gasteiger partial charge in [-0.15, -0.1) is 0 Å². The van der Waals surface area contributed by atoms with Gasteiger partial charge in [0.1, 0.15) is 0 Å². The highest BCUT2D eigenvalue weighted by molar-refractivity contribution is 5.80. The fourth-order valence-electron chi connectivity index (χ4n) is 16.7. The minimum absolute atomic E-state index is 0.398. The molecule has 0 amide bonds. The van der Waals surface area contributed by atoms with Crippen molar-refractivity contribution in [2.24, 2.45) is 35.5 Å². The van der Waals surface area contributed by atoms with Crippen LogP contribution in [0.25, 0.3) is 11.1 Å². The molecule has 0 heterocycles. The summed E-state index contributed by atoms with van der Waals surface area (Å²) >= 11 is 0. The number of fused-ring (bicyclic) bond motifs is 4. The van der Waals surface area contributed by atoms with Crippen molar-refractivity contribution < 1.29 is 0 Å². The third kappa shape index (κ3) is 14.0. The second-order valence-corrected chi connectivity index (χ2v) is 28.6. The molecule has 0 spiro atoms. The Hall–Kier alpha value is -7.54. The van der Waals surface area contributed by atoms with Crippen LogP contribution in [0, 0.1) is 42.4 Å². The predicted molar refractivity (Wildman–Crippen MR) is 386 cm³/mol. The normalized spacial score (nSPS) is 22.7. The number of aryl methyl sites for hydroxylation is 4. The van der Waals surface area contributed by atoms with E-state index in [1.54, 1.807) is 22.3 Å². The van der Waals surface area contributed by atoms with Crippen molar-refractivity contribution in [2.45, 2.75) is 169 Å². The second-order valence-electron chi connectivity index (χ2n) is 28.6. The topological polar surface area (TPSA) is 0 Å². The first-order valence-electron chi connectivity index (χ1n) is 35.3. The maximum Gasteiger partial charge on any atom is 0.0281 e. The van der Waals surface area contributed by atoms with Crippen LogP contribution in [0.15, 0.2) is 263 Å². The number of benzene rings is 5. The Kier molecular flexibility index (Phi) is 19.3. The predicted octanol–water partition coefficient (Wildman–Crippen LogP) is 23.4. The lowest BCUT2D eigenvalue weighted by atomic mass is 9.74. The van der Waals surface area contributed by atoms with Crippen molar-refractivity contribution >= 4 is 11.1 Å². The van der Waals surface area contributed by atoms with Gasteiger partial charge in [0.15, 0.2) is 0 Å². The van der Waals surface area contributed by atoms with Gasteiger partial charge < -0.3 is 0 Å². The van der Waals surface area contributed by atoms with E-state index in [1.165, 1.54) is 177 Å². The quantitative estimate of drug-likeness (QED) is 0.0980. The Bertz CT molecular complexity index is 3880. The van der Waals surface area contributed by atoms with Crippen LogP contribution in [0.4, 0.5) is 0 Å². The monoisotopic (exact) mass is 1180 g/mol. The minimum atomic E-state index is 0.398. The van der Waals surface area contributed by atoms with Crippen molar-refractivity contribution in [1.82, 2.24) is 0 Å². The zero-order chi connectivity index (χ0) is 61.5. The lowest BCUT2D eigenvalue weighted by Gasteiger charge is -2.31. The molecule has 2 saturated carbocycles. The largest absolute Gasteiger partial charge is 0.0801 e. The zero-order valence-corrected chi connectivity index (χ0v) is 55.1. The van der Waals surface area contributed by atoms with Crippen LogP contribution < -0.4 is 0 Å². The summed E-state index contributed by atoms with van der Waals surface area (Å²) in [4.78, 5) is 0. The molecule has 5 aromatic carbocycles. The number of allylic oxidation sites excluding steroid dienone is 28. The standard InChI is InChI=1S/C31H34.C30H34.C29H30/c1-3-23-12-15-26(16-13-23)30-19-17-27(29-10-7-11-31(29)30)21-24-14-18-28(22(2)20-24)25-8-5-4-6-9-25;1-21(2)23-14-16-25(17-15-23)24-12-10-22(11-13-24)20-27-18-19-29(26-6-3-4-7-26)30-9-5-8-28(27)30;1-20(2)17-21-9-11-22(12-10-21)18-25-15-16-28(29-8-4-7-27(25)29)26-14-13-23-5-3-6-24(23)19-26/h7,10-20,25,31H,3-6,8-9,21H2,1-2H3;3,5-13,18-19,21,23,25,30H,4,14-17,20H2,1-2H3;4,7-16,19-20,29H,3,5-6,17-18H2,1-2H3. The molecule has 0 bridgehead atoms. The summed E-state index contributed by atoms with van der Waals surface area (Å²) in [7, 11) is 0. The van der Waals surface area contributed by atoms with Crippen LogP contribution in [-0.4, -0.2) is 0 Å². The van der Waals surface area contributed by atoms with E-state index in [1.807, 2.05) is 0 Å². The molecule has 90 heavy (non-hydrogen) atoms. The molecule has 0 radical (unpaired) electrons. The maximum atomic E-state index is 2.45. The van der Waals surface area contributed by atoms with Gasteiger partial charge in [-0.2, -0.15) is 0 Å². The van der Waals surface area contributed by atoms with Gasteiger partial charge in [0.05, 0.1) is 0 Å². The molecule has 0 saturated heterocycles. The molecular weight excluding hydrogens is 1080 g/mol. The second kappa shape index (κ2) is 28.3. The Morgan fingerprint density at radius 3 is 1.54 bits per heavy atom. The smallest absolute Gasteiger partial charge is 0.0281 e. The summed E-state index contributed by atoms with van der Waals surface area (Å²) in [6, 6.07) is 42.4. The van der Waals surface area contributed by atoms with Crippen molar-refractivity contribution in [3.8, 4) is 0 Å². The Morgan fingerprint density at radius 2 is 0.967 bits per heavy atom. The van der Waals surface area contributed by atoms with Gasteiger partial charge in [0, 0.05) is 17.8 Å². The Balaban J connectivity index is 0.000000124. The molecule has 3 unspecified atom stereocenters. The molecule has 2 fully saturated rings. The summed E-state index contributed by atoms with van der Waals surface area (Å²) in [5, 5.41) is 0. The highest BCUT2D eigenvalue weighted by atomic mass is 14.3. The van der Waals surface area contributed by atoms with E-state index in [4.69, 9.17) is 0 Å². The highest BCUT2D eigenvalue weighted by Crippen LogP contribution is 2.46. The molecule has 0 N–H and O–H groups in total. The Morgan fingerprint density at radius 1 is 0.433 bits per heavy atom. The van der Waals surface area contributed by atoms with E-state index in [9.17, 15) is 0 Å². The molecule has 15 rings (SSSR count). The molecule has 0 aromatic heterocycles. The summed E-state index contributed by atoms with van der Waals surface area (Å²) in [6.45, 7) is 13.9. The third-order valence-electron chi connectivity index (χ3n) is 21.9. The van der Waals surface area contributed by atoms with Gasteiger partial charge in [0.25, 0.3) is 0 Å². The van der Waals surface area contributed by atoms with Crippen LogP contribution in [0.5, 0.6) is 0 Å². The van der Waals surface area contributed by atoms with Crippen molar-refractivity contribution in [2.75, 3.05) is 0 Å². The van der Waals surface area contributed by atoms with Crippen molar-refractivity contribution in [3.05, 3.63) is 330 Å². The summed E-state index contributed by atoms with van der Waals surface area (Å²) in [5.74, 6) is 5.29. The molecule has 3 atom stereocenters. The fraction of sp³-hybridized carbons (Fsp3) is 0.356. The van der Waals surface area contributed by atoms with Crippen LogP contribution in [0.1, 0.15) is 184 Å². The van der Waals surface area contributed by atoms with Crippen LogP contribution in [0.3, 0.4) is 0 Å². The number of hydrogen-bond donors (Lipinski definition) is 0. The summed E-state index contributed by atoms with van der Waals surface area (Å²) in [6.07, 6.45) is 64.6. The highest BCUT2D eigenvalue weighted by Gasteiger charge is 2.31. The Labute approximate surface area is 542 Å². The maximum absolute atomic E-state index is 2.45. The molecule has 10 aliphatic carbocycles. The number of rotatable bonds is 15. The van der Waals surface area contributed by atoms with Gasteiger partial charge in [-0.05, 0) is 255 Å². The van der Waals surface area contributed by atoms with Crippen LogP contribution in [-0.2, 0) is 44.9 Å². The molecule has 10 aliphatic rings. The molecule has 5 aromatic rings. The van der Waals surface area contributed by atoms with Gasteiger partial charge in [-0.3, -0.25) is 0 Å². The first-order chi connectivity index (χ1) is 44.1. The molecule has 0 nitrogen and oxygen atoms in total. The first-order valence-corrected chi connectivity index (χ1v) is 35.3. The van der Waals surface area contributed by atoms with E-state index in [0.29, 0.717) is 23.7 Å². The van der Waals surface area contributed by atoms with E-state index in [2.05, 4.69) is 260 Å². The van der Waals surface area contributed by atoms with Gasteiger partial charge in [0.2, 0.25) is 0 Å². The number of hydrogen-bond acceptors (Lipinski definition) is 0. The van der Waals surface area contributed by atoms with Gasteiger partial charge >= 0.3 is 0 Å². The van der Waals surface area contributed by atoms with Crippen LogP contribution in [0.2, 0.25) is 0 Å². The van der Waals surface area contributed by atoms with Crippen LogP contribution >= 0.6 is 0 Å². The van der Waals surface area contributed by atoms with Gasteiger partial charge in [-0.1, -0.05) is 272 Å². The van der Waals surface area contributed by atoms with E-state index in [0.717, 1.165) is 62.2 Å². The van der Waals surface area contributed by atoms with E-state index >= 15 is 0 Å². The van der Waals surface area contributed by atoms with E-state index in [-0.39, 0.29) is 0 Å². The van der Waals surface area contributed by atoms with E-state index < -0.39 is 0 Å². The average Bonchev–Trinajstić information content (AvgIpc) is 1.83. The average molecular weight is 1180 g/mol. The summed E-state index contributed by atoms with van der Waals surface area (Å²) < 4.78 is 0. The first kappa shape index (κ1) is 61.3.